The Balaban J connectivity index is 1.14. The molecule has 460 valence electrons. The second-order valence-electron chi connectivity index (χ2n) is 21.6. The Bertz CT molecular complexity index is 4110. The zero-order valence-electron chi connectivity index (χ0n) is 48.6. The molecule has 6 heterocycles. The van der Waals surface area contributed by atoms with E-state index in [9.17, 15) is 64.2 Å². The number of aliphatic carboxylic acids is 3. The molecule has 90 heavy (non-hydrogen) atoms. The van der Waals surface area contributed by atoms with Gasteiger partial charge in [0.1, 0.15) is 0 Å². The molecule has 3 aliphatic heterocycles. The SMILES string of the molecule is CC(=O)NCCN(C(=O)c1ccc(-c2c3nc(c(-c4ccc(C(=O)O)cc4)c4ccc([nH]4)c(-c4ccc(C(=O)O)cc4)c4nc(c(-c5ccc(C(=O)O)cc5)c5ccc2[nH]5)C=C4)C=C3)cc1)N1CCN(CC(=O)O)CCN(CC(=O)O)CCN(CC(=O)O)CC1. The third-order valence-corrected chi connectivity index (χ3v) is 15.6. The first kappa shape index (κ1) is 62.1. The van der Waals surface area contributed by atoms with Crippen LogP contribution < -0.4 is 5.32 Å². The number of aromatic nitrogens is 4. The fourth-order valence-electron chi connectivity index (χ4n) is 11.2. The van der Waals surface area contributed by atoms with Crippen molar-refractivity contribution >= 4 is 94.0 Å². The number of hydrogen-bond acceptors (Lipinski definition) is 14. The van der Waals surface area contributed by atoms with Gasteiger partial charge in [-0.15, -0.1) is 0 Å². The van der Waals surface area contributed by atoms with Crippen molar-refractivity contribution in [2.24, 2.45) is 0 Å². The summed E-state index contributed by atoms with van der Waals surface area (Å²) in [5.74, 6) is -7.49. The van der Waals surface area contributed by atoms with Gasteiger partial charge in [-0.1, -0.05) is 48.5 Å². The van der Waals surface area contributed by atoms with Gasteiger partial charge in [-0.3, -0.25) is 43.7 Å². The van der Waals surface area contributed by atoms with E-state index >= 15 is 4.79 Å². The number of carbonyl (C=O) groups excluding carboxylic acids is 2. The monoisotopic (exact) mass is 1220 g/mol. The standard InChI is InChI=1S/C66H62N10O14/c1-39(77)67-26-27-76(75-34-32-73(37-57(80)81)30-28-72(36-56(78)79)29-31-74(33-35-75)38-58(82)83)63(84)44-10-2-40(3-11-44)59-48-18-20-50(68-48)60(41-4-12-45(13-5-41)64(85)86)52-22-24-54(70-52)62(43-8-16-47(17-9-43)66(89)90)55-25-23-53(71-55)61(51-21-19-49(59)69-51)42-6-14-46(15-7-42)65(87)88/h2-25,68,71H,26-38H2,1H3,(H,67,77)(H,78,79)(H,80,81)(H,82,83)(H,85,86)(H,87,88)(H,89,90). The summed E-state index contributed by atoms with van der Waals surface area (Å²) in [6.45, 7) is 1.23. The third-order valence-electron chi connectivity index (χ3n) is 15.6. The van der Waals surface area contributed by atoms with E-state index in [4.69, 9.17) is 9.97 Å². The van der Waals surface area contributed by atoms with Gasteiger partial charge in [-0.05, 0) is 119 Å². The van der Waals surface area contributed by atoms with Crippen molar-refractivity contribution in [3.63, 3.8) is 0 Å². The number of hydrazine groups is 1. The number of fused-ring (bicyclic) bond motifs is 8. The van der Waals surface area contributed by atoms with Crippen molar-refractivity contribution in [1.82, 2.24) is 50.0 Å². The van der Waals surface area contributed by atoms with Crippen LogP contribution in [0.4, 0.5) is 0 Å². The minimum absolute atomic E-state index is 0.0220. The Morgan fingerprint density at radius 3 is 0.956 bits per heavy atom. The summed E-state index contributed by atoms with van der Waals surface area (Å²) in [6, 6.07) is 33.4. The number of aromatic carboxylic acids is 3. The predicted molar refractivity (Wildman–Crippen MR) is 335 cm³/mol. The highest BCUT2D eigenvalue weighted by molar-refractivity contribution is 6.02. The smallest absolute Gasteiger partial charge is 0.335 e. The molecule has 3 aromatic heterocycles. The van der Waals surface area contributed by atoms with E-state index in [0.29, 0.717) is 89.4 Å². The van der Waals surface area contributed by atoms with Crippen LogP contribution in [0.15, 0.2) is 121 Å². The van der Waals surface area contributed by atoms with Gasteiger partial charge < -0.3 is 45.9 Å². The second kappa shape index (κ2) is 27.4. The maximum atomic E-state index is 15.2. The van der Waals surface area contributed by atoms with Crippen molar-refractivity contribution in [1.29, 1.82) is 0 Å². The second-order valence-corrected chi connectivity index (χ2v) is 21.6. The minimum Gasteiger partial charge on any atom is -0.480 e. The molecule has 9 N–H and O–H groups in total. The molecular weight excluding hydrogens is 1160 g/mol. The number of benzene rings is 4. The molecule has 0 radical (unpaired) electrons. The van der Waals surface area contributed by atoms with Crippen LogP contribution in [-0.4, -0.2) is 208 Å². The van der Waals surface area contributed by atoms with E-state index in [0.717, 1.165) is 0 Å². The van der Waals surface area contributed by atoms with E-state index in [1.54, 1.807) is 80.4 Å². The van der Waals surface area contributed by atoms with E-state index < -0.39 is 41.7 Å². The lowest BCUT2D eigenvalue weighted by molar-refractivity contribution is -0.141. The molecule has 0 unspecified atom stereocenters. The van der Waals surface area contributed by atoms with Crippen molar-refractivity contribution in [3.05, 3.63) is 166 Å². The predicted octanol–water partition coefficient (Wildman–Crippen LogP) is 7.39. The minimum atomic E-state index is -1.12. The first-order valence-electron chi connectivity index (χ1n) is 28.7. The van der Waals surface area contributed by atoms with Crippen LogP contribution in [0.2, 0.25) is 0 Å². The topological polar surface area (TPSA) is 344 Å². The van der Waals surface area contributed by atoms with Crippen LogP contribution in [0.25, 0.3) is 90.9 Å². The molecule has 8 bridgehead atoms. The summed E-state index contributed by atoms with van der Waals surface area (Å²) in [7, 11) is 0. The van der Waals surface area contributed by atoms with Crippen LogP contribution in [0.5, 0.6) is 0 Å². The molecule has 24 heteroatoms. The van der Waals surface area contributed by atoms with Crippen LogP contribution >= 0.6 is 0 Å². The fourth-order valence-corrected chi connectivity index (χ4v) is 11.2. The van der Waals surface area contributed by atoms with Crippen LogP contribution in [-0.2, 0) is 19.2 Å². The molecule has 1 fully saturated rings. The number of carbonyl (C=O) groups is 8. The molecule has 0 atom stereocenters. The molecule has 24 nitrogen and oxygen atoms in total. The Kier molecular flexibility index (Phi) is 18.9. The molecule has 0 saturated carbocycles. The number of hydrogen-bond donors (Lipinski definition) is 9. The quantitative estimate of drug-likeness (QED) is 0.0404. The van der Waals surface area contributed by atoms with Gasteiger partial charge in [-0.2, -0.15) is 0 Å². The normalized spacial score (nSPS) is 14.3. The lowest BCUT2D eigenvalue weighted by Crippen LogP contribution is -2.55. The number of H-pyrrole nitrogens is 2. The molecule has 3 aliphatic rings. The third kappa shape index (κ3) is 14.6. The summed E-state index contributed by atoms with van der Waals surface area (Å²) in [5.41, 5.74) is 9.55. The number of amides is 2. The summed E-state index contributed by atoms with van der Waals surface area (Å²) in [6.07, 6.45) is 7.35. The fraction of sp³-hybridized carbons (Fsp3) is 0.212. The lowest BCUT2D eigenvalue weighted by atomic mass is 10.0. The molecule has 0 spiro atoms. The highest BCUT2D eigenvalue weighted by Gasteiger charge is 2.28. The number of nitrogens with one attached hydrogen (secondary N) is 3. The Hall–Kier alpha value is -10.9. The Morgan fingerprint density at radius 1 is 0.411 bits per heavy atom. The number of nitrogens with zero attached hydrogens (tertiary/aromatic N) is 7. The largest absolute Gasteiger partial charge is 0.480 e. The van der Waals surface area contributed by atoms with Crippen molar-refractivity contribution in [3.8, 4) is 44.5 Å². The number of aromatic amines is 2. The van der Waals surface area contributed by atoms with Gasteiger partial charge in [0, 0.05) is 116 Å². The average molecular weight is 1220 g/mol. The molecule has 0 aliphatic carbocycles. The van der Waals surface area contributed by atoms with Gasteiger partial charge in [0.05, 0.1) is 65.6 Å². The van der Waals surface area contributed by atoms with Gasteiger partial charge in [-0.25, -0.2) is 29.4 Å². The van der Waals surface area contributed by atoms with Crippen LogP contribution in [0, 0.1) is 0 Å². The zero-order chi connectivity index (χ0) is 63.8. The summed E-state index contributed by atoms with van der Waals surface area (Å²) in [5, 5.41) is 65.1. The summed E-state index contributed by atoms with van der Waals surface area (Å²) in [4.78, 5) is 123. The van der Waals surface area contributed by atoms with E-state index in [-0.39, 0.29) is 113 Å². The molecule has 10 rings (SSSR count). The summed E-state index contributed by atoms with van der Waals surface area (Å²) < 4.78 is 0. The first-order valence-corrected chi connectivity index (χ1v) is 28.7. The van der Waals surface area contributed by atoms with Crippen LogP contribution in [0.1, 0.15) is 71.1 Å². The zero-order valence-corrected chi connectivity index (χ0v) is 48.6. The van der Waals surface area contributed by atoms with Crippen LogP contribution in [0.3, 0.4) is 0 Å². The van der Waals surface area contributed by atoms with Crippen molar-refractivity contribution in [2.75, 3.05) is 85.1 Å². The van der Waals surface area contributed by atoms with E-state index in [1.807, 2.05) is 48.6 Å². The maximum absolute atomic E-state index is 15.2. The average Bonchev–Trinajstić information content (AvgIpc) is 1.66. The Morgan fingerprint density at radius 2 is 0.689 bits per heavy atom. The van der Waals surface area contributed by atoms with E-state index in [2.05, 4.69) is 15.3 Å². The van der Waals surface area contributed by atoms with Gasteiger partial charge >= 0.3 is 35.8 Å². The highest BCUT2D eigenvalue weighted by atomic mass is 16.4. The molecular formula is C66H62N10O14. The van der Waals surface area contributed by atoms with Gasteiger partial charge in [0.25, 0.3) is 5.91 Å². The van der Waals surface area contributed by atoms with Gasteiger partial charge in [0.2, 0.25) is 5.91 Å². The maximum Gasteiger partial charge on any atom is 0.335 e. The molecule has 1 saturated heterocycles. The lowest BCUT2D eigenvalue weighted by Gasteiger charge is -2.38. The number of carboxylic acid groups (broad SMARTS) is 6. The van der Waals surface area contributed by atoms with Gasteiger partial charge in [0.15, 0.2) is 0 Å². The molecule has 7 aromatic rings. The highest BCUT2D eigenvalue weighted by Crippen LogP contribution is 2.39. The first-order chi connectivity index (χ1) is 43.3. The van der Waals surface area contributed by atoms with Crippen molar-refractivity contribution in [2.45, 2.75) is 6.92 Å². The summed E-state index contributed by atoms with van der Waals surface area (Å²) >= 11 is 0. The Labute approximate surface area is 513 Å². The number of rotatable bonds is 18. The van der Waals surface area contributed by atoms with Crippen molar-refractivity contribution < 1.29 is 69.0 Å². The van der Waals surface area contributed by atoms with E-state index in [1.165, 1.54) is 48.3 Å². The molecule has 4 aromatic carbocycles. The molecule has 2 amide bonds. The number of carboxylic acids is 6.